The molecule has 3 aromatic rings. The highest BCUT2D eigenvalue weighted by atomic mass is 19.1. The minimum Gasteiger partial charge on any atom is -0.508 e. The summed E-state index contributed by atoms with van der Waals surface area (Å²) in [4.78, 5) is 12.8. The summed E-state index contributed by atoms with van der Waals surface area (Å²) in [5.74, 6) is -0.0208. The van der Waals surface area contributed by atoms with E-state index in [0.29, 0.717) is 24.9 Å². The van der Waals surface area contributed by atoms with E-state index in [0.717, 1.165) is 42.6 Å². The lowest BCUT2D eigenvalue weighted by Gasteiger charge is -2.34. The lowest BCUT2D eigenvalue weighted by atomic mass is 9.94. The van der Waals surface area contributed by atoms with Crippen LogP contribution in [0.4, 0.5) is 21.5 Å². The highest BCUT2D eigenvalue weighted by molar-refractivity contribution is 5.72. The molecule has 1 aliphatic heterocycles. The summed E-state index contributed by atoms with van der Waals surface area (Å²) in [5.41, 5.74) is 7.28. The monoisotopic (exact) mass is 418 g/mol. The van der Waals surface area contributed by atoms with Crippen molar-refractivity contribution >= 4 is 23.3 Å². The predicted octanol–water partition coefficient (Wildman–Crippen LogP) is 5.67. The number of anilines is 3. The maximum absolute atomic E-state index is 14.3. The molecule has 4 nitrogen and oxygen atoms in total. The topological polar surface area (TPSA) is 52.6 Å². The van der Waals surface area contributed by atoms with Crippen molar-refractivity contribution < 1.29 is 14.3 Å². The number of hydrogen-bond acceptors (Lipinski definition) is 4. The van der Waals surface area contributed by atoms with E-state index in [1.807, 2.05) is 18.2 Å². The van der Waals surface area contributed by atoms with Gasteiger partial charge in [-0.05, 0) is 84.8 Å². The number of phenolic OH excluding ortho intramolecular Hbond substituents is 1. The Hall–Kier alpha value is -3.34. The number of aldehydes is 1. The number of rotatable bonds is 7. The Bertz CT molecular complexity index is 1080. The Morgan fingerprint density at radius 1 is 1.10 bits per heavy atom. The Kier molecular flexibility index (Phi) is 6.21. The molecule has 31 heavy (non-hydrogen) atoms. The smallest absolute Gasteiger partial charge is 0.128 e. The number of nitrogens with one attached hydrogen (secondary N) is 1. The van der Waals surface area contributed by atoms with Crippen LogP contribution in [0.5, 0.6) is 5.75 Å². The maximum Gasteiger partial charge on any atom is 0.128 e. The van der Waals surface area contributed by atoms with E-state index < -0.39 is 0 Å². The Morgan fingerprint density at radius 2 is 1.87 bits per heavy atom. The van der Waals surface area contributed by atoms with Crippen molar-refractivity contribution in [3.05, 3.63) is 82.7 Å². The summed E-state index contributed by atoms with van der Waals surface area (Å²) in [6, 6.07) is 16.8. The van der Waals surface area contributed by atoms with Gasteiger partial charge in [0.25, 0.3) is 0 Å². The summed E-state index contributed by atoms with van der Waals surface area (Å²) in [5, 5.41) is 13.0. The van der Waals surface area contributed by atoms with Crippen molar-refractivity contribution in [2.45, 2.75) is 39.2 Å². The van der Waals surface area contributed by atoms with Gasteiger partial charge in [-0.25, -0.2) is 4.39 Å². The normalized spacial score (nSPS) is 13.0. The average Bonchev–Trinajstić information content (AvgIpc) is 2.78. The van der Waals surface area contributed by atoms with Crippen LogP contribution in [0, 0.1) is 12.7 Å². The quantitative estimate of drug-likeness (QED) is 0.486. The summed E-state index contributed by atoms with van der Waals surface area (Å²) in [7, 11) is 0. The van der Waals surface area contributed by atoms with Gasteiger partial charge in [-0.15, -0.1) is 0 Å². The van der Waals surface area contributed by atoms with Gasteiger partial charge in [0.05, 0.1) is 0 Å². The third-order valence-electron chi connectivity index (χ3n) is 5.95. The molecule has 1 heterocycles. The van der Waals surface area contributed by atoms with Crippen LogP contribution < -0.4 is 10.2 Å². The van der Waals surface area contributed by atoms with E-state index in [1.165, 1.54) is 22.9 Å². The van der Waals surface area contributed by atoms with Crippen LogP contribution in [-0.2, 0) is 24.2 Å². The van der Waals surface area contributed by atoms with E-state index in [2.05, 4.69) is 29.3 Å². The van der Waals surface area contributed by atoms with Gasteiger partial charge in [0.2, 0.25) is 0 Å². The molecule has 0 amide bonds. The first kappa shape index (κ1) is 20.9. The lowest BCUT2D eigenvalue weighted by molar-refractivity contribution is -0.107. The maximum atomic E-state index is 14.3. The molecule has 0 saturated carbocycles. The fraction of sp³-hybridized carbons (Fsp3) is 0.269. The molecular formula is C26H27FN2O2. The summed E-state index contributed by atoms with van der Waals surface area (Å²) >= 11 is 0. The number of fused-ring (bicyclic) bond motifs is 1. The zero-order valence-corrected chi connectivity index (χ0v) is 17.7. The number of carbonyl (C=O) groups excluding carboxylic acids is 1. The van der Waals surface area contributed by atoms with Crippen LogP contribution in [0.15, 0.2) is 54.6 Å². The number of aryl methyl sites for hydroxylation is 2. The Balaban J connectivity index is 1.55. The molecule has 0 radical (unpaired) electrons. The molecule has 0 unspecified atom stereocenters. The predicted molar refractivity (Wildman–Crippen MR) is 123 cm³/mol. The summed E-state index contributed by atoms with van der Waals surface area (Å²) in [6.07, 6.45) is 3.70. The standard InChI is InChI=1S/C26H27FN2O2/c1-18-21(17-28-22-9-8-19(5-3-15-30)25(27)16-22)7-6-20-4-2-14-29(26(18)20)23-10-12-24(31)13-11-23/h6-13,15-16,28,31H,2-5,14,17H2,1H3. The molecule has 0 bridgehead atoms. The molecule has 0 atom stereocenters. The van der Waals surface area contributed by atoms with Gasteiger partial charge in [0, 0.05) is 36.6 Å². The first-order valence-electron chi connectivity index (χ1n) is 10.7. The van der Waals surface area contributed by atoms with Crippen LogP contribution >= 0.6 is 0 Å². The van der Waals surface area contributed by atoms with Gasteiger partial charge in [-0.2, -0.15) is 0 Å². The number of halogens is 1. The molecule has 0 fully saturated rings. The van der Waals surface area contributed by atoms with Crippen molar-refractivity contribution in [1.82, 2.24) is 0 Å². The van der Waals surface area contributed by atoms with Gasteiger partial charge in [-0.1, -0.05) is 18.2 Å². The van der Waals surface area contributed by atoms with E-state index in [4.69, 9.17) is 0 Å². The first-order valence-corrected chi connectivity index (χ1v) is 10.7. The number of aromatic hydroxyl groups is 1. The van der Waals surface area contributed by atoms with Crippen LogP contribution in [0.3, 0.4) is 0 Å². The average molecular weight is 419 g/mol. The van der Waals surface area contributed by atoms with Crippen LogP contribution in [0.1, 0.15) is 35.1 Å². The van der Waals surface area contributed by atoms with Gasteiger partial charge in [0.1, 0.15) is 17.9 Å². The molecule has 0 spiro atoms. The second-order valence-corrected chi connectivity index (χ2v) is 7.99. The van der Waals surface area contributed by atoms with Crippen LogP contribution in [-0.4, -0.2) is 17.9 Å². The van der Waals surface area contributed by atoms with Crippen molar-refractivity contribution in [3.63, 3.8) is 0 Å². The molecule has 2 N–H and O–H groups in total. The van der Waals surface area contributed by atoms with Crippen LogP contribution in [0.25, 0.3) is 0 Å². The molecule has 0 aromatic heterocycles. The van der Waals surface area contributed by atoms with E-state index in [-0.39, 0.29) is 11.6 Å². The van der Waals surface area contributed by atoms with E-state index >= 15 is 0 Å². The van der Waals surface area contributed by atoms with Gasteiger partial charge in [0.15, 0.2) is 0 Å². The molecule has 0 aliphatic carbocycles. The van der Waals surface area contributed by atoms with Crippen molar-refractivity contribution in [2.75, 3.05) is 16.8 Å². The first-order chi connectivity index (χ1) is 15.1. The molecule has 3 aromatic carbocycles. The largest absolute Gasteiger partial charge is 0.508 e. The summed E-state index contributed by atoms with van der Waals surface area (Å²) in [6.45, 7) is 3.66. The van der Waals surface area contributed by atoms with Gasteiger partial charge >= 0.3 is 0 Å². The highest BCUT2D eigenvalue weighted by Gasteiger charge is 2.22. The second-order valence-electron chi connectivity index (χ2n) is 7.99. The molecule has 160 valence electrons. The zero-order valence-electron chi connectivity index (χ0n) is 17.7. The Morgan fingerprint density at radius 3 is 2.61 bits per heavy atom. The minimum absolute atomic E-state index is 0.264. The Labute approximate surface area is 182 Å². The fourth-order valence-corrected chi connectivity index (χ4v) is 4.27. The number of benzene rings is 3. The number of hydrogen-bond donors (Lipinski definition) is 2. The fourth-order valence-electron chi connectivity index (χ4n) is 4.27. The summed E-state index contributed by atoms with van der Waals surface area (Å²) < 4.78 is 14.3. The lowest BCUT2D eigenvalue weighted by Crippen LogP contribution is -2.26. The van der Waals surface area contributed by atoms with Gasteiger partial charge < -0.3 is 20.1 Å². The SMILES string of the molecule is Cc1c(CNc2ccc(CCC=O)c(F)c2)ccc2c1N(c1ccc(O)cc1)CCC2. The highest BCUT2D eigenvalue weighted by Crippen LogP contribution is 2.38. The van der Waals surface area contributed by atoms with Crippen molar-refractivity contribution in [1.29, 1.82) is 0 Å². The molecule has 4 rings (SSSR count). The number of carbonyl (C=O) groups is 1. The van der Waals surface area contributed by atoms with Crippen molar-refractivity contribution in [2.24, 2.45) is 0 Å². The van der Waals surface area contributed by atoms with E-state index in [9.17, 15) is 14.3 Å². The minimum atomic E-state index is -0.285. The molecule has 5 heteroatoms. The van der Waals surface area contributed by atoms with E-state index in [1.54, 1.807) is 18.2 Å². The molecule has 0 saturated heterocycles. The number of phenols is 1. The third kappa shape index (κ3) is 4.55. The third-order valence-corrected chi connectivity index (χ3v) is 5.95. The molecular weight excluding hydrogens is 391 g/mol. The zero-order chi connectivity index (χ0) is 21.8. The number of nitrogens with zero attached hydrogens (tertiary/aromatic N) is 1. The molecule has 1 aliphatic rings. The van der Waals surface area contributed by atoms with Gasteiger partial charge in [-0.3, -0.25) is 0 Å². The second kappa shape index (κ2) is 9.21. The van der Waals surface area contributed by atoms with Crippen molar-refractivity contribution in [3.8, 4) is 5.75 Å². The van der Waals surface area contributed by atoms with Crippen LogP contribution in [0.2, 0.25) is 0 Å².